The van der Waals surface area contributed by atoms with Crippen LogP contribution in [0.3, 0.4) is 0 Å². The Morgan fingerprint density at radius 2 is 1.50 bits per heavy atom. The summed E-state index contributed by atoms with van der Waals surface area (Å²) in [6.45, 7) is 9.46. The van der Waals surface area contributed by atoms with Gasteiger partial charge in [-0.15, -0.1) is 0 Å². The SMILES string of the molecule is CC1CCN(C(=O)CC2(C(=O)N3CCC(C)CC3)CCNC2)CC1. The lowest BCUT2D eigenvalue weighted by Crippen LogP contribution is -2.51. The summed E-state index contributed by atoms with van der Waals surface area (Å²) in [7, 11) is 0. The number of rotatable bonds is 3. The van der Waals surface area contributed by atoms with Crippen molar-refractivity contribution in [2.45, 2.75) is 52.4 Å². The van der Waals surface area contributed by atoms with Crippen LogP contribution in [0.25, 0.3) is 0 Å². The van der Waals surface area contributed by atoms with E-state index in [9.17, 15) is 9.59 Å². The summed E-state index contributed by atoms with van der Waals surface area (Å²) in [5.74, 6) is 1.83. The van der Waals surface area contributed by atoms with Crippen molar-refractivity contribution in [3.05, 3.63) is 0 Å². The van der Waals surface area contributed by atoms with Gasteiger partial charge in [-0.2, -0.15) is 0 Å². The van der Waals surface area contributed by atoms with Gasteiger partial charge in [0.25, 0.3) is 0 Å². The van der Waals surface area contributed by atoms with Gasteiger partial charge in [0.05, 0.1) is 5.41 Å². The highest BCUT2D eigenvalue weighted by atomic mass is 16.2. The number of carbonyl (C=O) groups excluding carboxylic acids is 2. The van der Waals surface area contributed by atoms with Crippen molar-refractivity contribution in [1.29, 1.82) is 0 Å². The first kappa shape index (κ1) is 17.7. The van der Waals surface area contributed by atoms with Crippen LogP contribution in [0.4, 0.5) is 0 Å². The molecule has 0 radical (unpaired) electrons. The first-order chi connectivity index (χ1) is 11.5. The summed E-state index contributed by atoms with van der Waals surface area (Å²) in [6.07, 6.45) is 5.55. The van der Waals surface area contributed by atoms with Crippen LogP contribution in [0, 0.1) is 17.3 Å². The Hall–Kier alpha value is -1.10. The lowest BCUT2D eigenvalue weighted by Gasteiger charge is -2.39. The van der Waals surface area contributed by atoms with Crippen LogP contribution in [0.2, 0.25) is 0 Å². The summed E-state index contributed by atoms with van der Waals surface area (Å²) >= 11 is 0. The van der Waals surface area contributed by atoms with Crippen LogP contribution < -0.4 is 5.32 Å². The monoisotopic (exact) mass is 335 g/mol. The van der Waals surface area contributed by atoms with E-state index in [4.69, 9.17) is 0 Å². The van der Waals surface area contributed by atoms with Gasteiger partial charge in [0, 0.05) is 39.1 Å². The summed E-state index contributed by atoms with van der Waals surface area (Å²) in [5.41, 5.74) is -0.499. The quantitative estimate of drug-likeness (QED) is 0.857. The molecule has 1 atom stereocenters. The molecule has 0 aromatic heterocycles. The fraction of sp³-hybridized carbons (Fsp3) is 0.895. The smallest absolute Gasteiger partial charge is 0.230 e. The number of nitrogens with one attached hydrogen (secondary N) is 1. The van der Waals surface area contributed by atoms with Gasteiger partial charge in [-0.25, -0.2) is 0 Å². The molecule has 1 unspecified atom stereocenters. The molecule has 1 N–H and O–H groups in total. The van der Waals surface area contributed by atoms with Crippen molar-refractivity contribution >= 4 is 11.8 Å². The summed E-state index contributed by atoms with van der Waals surface area (Å²) < 4.78 is 0. The molecule has 3 heterocycles. The Morgan fingerprint density at radius 3 is 2.00 bits per heavy atom. The van der Waals surface area contributed by atoms with Gasteiger partial charge in [0.1, 0.15) is 0 Å². The van der Waals surface area contributed by atoms with Crippen molar-refractivity contribution < 1.29 is 9.59 Å². The Labute approximate surface area is 146 Å². The fourth-order valence-electron chi connectivity index (χ4n) is 4.36. The Morgan fingerprint density at radius 1 is 0.958 bits per heavy atom. The van der Waals surface area contributed by atoms with Gasteiger partial charge in [-0.05, 0) is 50.5 Å². The minimum Gasteiger partial charge on any atom is -0.343 e. The zero-order valence-electron chi connectivity index (χ0n) is 15.4. The highest BCUT2D eigenvalue weighted by molar-refractivity contribution is 5.89. The predicted octanol–water partition coefficient (Wildman–Crippen LogP) is 1.87. The molecule has 0 aliphatic carbocycles. The molecule has 5 heteroatoms. The second-order valence-electron chi connectivity index (χ2n) is 8.42. The molecule has 3 aliphatic rings. The van der Waals surface area contributed by atoms with Crippen molar-refractivity contribution in [2.75, 3.05) is 39.3 Å². The number of amides is 2. The van der Waals surface area contributed by atoms with Crippen molar-refractivity contribution in [1.82, 2.24) is 15.1 Å². The second kappa shape index (κ2) is 7.42. The van der Waals surface area contributed by atoms with E-state index in [0.717, 1.165) is 64.8 Å². The molecular formula is C19H33N3O2. The minimum absolute atomic E-state index is 0.185. The van der Waals surface area contributed by atoms with E-state index in [1.165, 1.54) is 0 Å². The van der Waals surface area contributed by atoms with Crippen LogP contribution in [-0.2, 0) is 9.59 Å². The predicted molar refractivity (Wildman–Crippen MR) is 94.5 cm³/mol. The number of nitrogens with zero attached hydrogens (tertiary/aromatic N) is 2. The van der Waals surface area contributed by atoms with Gasteiger partial charge >= 0.3 is 0 Å². The molecule has 3 fully saturated rings. The molecule has 136 valence electrons. The van der Waals surface area contributed by atoms with E-state index in [0.29, 0.717) is 24.8 Å². The van der Waals surface area contributed by atoms with Gasteiger partial charge in [-0.1, -0.05) is 13.8 Å². The highest BCUT2D eigenvalue weighted by Gasteiger charge is 2.46. The third kappa shape index (κ3) is 3.76. The normalized spacial score (nSPS) is 29.9. The van der Waals surface area contributed by atoms with Gasteiger partial charge < -0.3 is 15.1 Å². The van der Waals surface area contributed by atoms with E-state index in [-0.39, 0.29) is 11.8 Å². The largest absolute Gasteiger partial charge is 0.343 e. The maximum absolute atomic E-state index is 13.2. The number of hydrogen-bond donors (Lipinski definition) is 1. The molecule has 0 spiro atoms. The number of carbonyl (C=O) groups is 2. The molecule has 3 saturated heterocycles. The molecule has 2 amide bonds. The summed E-state index contributed by atoms with van der Waals surface area (Å²) in [6, 6.07) is 0. The maximum atomic E-state index is 13.2. The first-order valence-corrected chi connectivity index (χ1v) is 9.78. The zero-order chi connectivity index (χ0) is 17.2. The third-order valence-corrected chi connectivity index (χ3v) is 6.39. The number of hydrogen-bond acceptors (Lipinski definition) is 3. The van der Waals surface area contributed by atoms with Crippen molar-refractivity contribution in [3.63, 3.8) is 0 Å². The highest BCUT2D eigenvalue weighted by Crippen LogP contribution is 2.35. The fourth-order valence-corrected chi connectivity index (χ4v) is 4.36. The molecule has 0 bridgehead atoms. The molecule has 5 nitrogen and oxygen atoms in total. The molecule has 0 saturated carbocycles. The van der Waals surface area contributed by atoms with E-state index in [1.807, 2.05) is 9.80 Å². The van der Waals surface area contributed by atoms with E-state index in [1.54, 1.807) is 0 Å². The molecular weight excluding hydrogens is 302 g/mol. The van der Waals surface area contributed by atoms with E-state index >= 15 is 0 Å². The molecule has 24 heavy (non-hydrogen) atoms. The molecule has 3 rings (SSSR count). The second-order valence-corrected chi connectivity index (χ2v) is 8.42. The third-order valence-electron chi connectivity index (χ3n) is 6.39. The van der Waals surface area contributed by atoms with Crippen LogP contribution in [-0.4, -0.2) is 60.9 Å². The van der Waals surface area contributed by atoms with Crippen molar-refractivity contribution in [3.8, 4) is 0 Å². The Kier molecular flexibility index (Phi) is 5.48. The molecule has 0 aromatic rings. The molecule has 3 aliphatic heterocycles. The van der Waals surface area contributed by atoms with Gasteiger partial charge in [0.15, 0.2) is 0 Å². The van der Waals surface area contributed by atoms with Gasteiger partial charge in [0.2, 0.25) is 11.8 Å². The average molecular weight is 335 g/mol. The maximum Gasteiger partial charge on any atom is 0.230 e. The summed E-state index contributed by atoms with van der Waals surface area (Å²) in [4.78, 5) is 30.1. The summed E-state index contributed by atoms with van der Waals surface area (Å²) in [5, 5.41) is 3.34. The van der Waals surface area contributed by atoms with Crippen molar-refractivity contribution in [2.24, 2.45) is 17.3 Å². The average Bonchev–Trinajstić information content (AvgIpc) is 3.05. The van der Waals surface area contributed by atoms with E-state index < -0.39 is 5.41 Å². The topological polar surface area (TPSA) is 52.7 Å². The lowest BCUT2D eigenvalue weighted by molar-refractivity contribution is -0.148. The van der Waals surface area contributed by atoms with E-state index in [2.05, 4.69) is 19.2 Å². The van der Waals surface area contributed by atoms with Crippen LogP contribution in [0.15, 0.2) is 0 Å². The molecule has 0 aromatic carbocycles. The van der Waals surface area contributed by atoms with Crippen LogP contribution in [0.5, 0.6) is 0 Å². The Balaban J connectivity index is 1.64. The van der Waals surface area contributed by atoms with Crippen LogP contribution in [0.1, 0.15) is 52.4 Å². The minimum atomic E-state index is -0.499. The van der Waals surface area contributed by atoms with Gasteiger partial charge in [-0.3, -0.25) is 9.59 Å². The standard InChI is InChI=1S/C19H33N3O2/c1-15-3-9-21(10-4-15)17(23)13-19(7-8-20-14-19)18(24)22-11-5-16(2)6-12-22/h15-16,20H,3-14H2,1-2H3. The number of likely N-dealkylation sites (tertiary alicyclic amines) is 2. The van der Waals surface area contributed by atoms with Crippen LogP contribution >= 0.6 is 0 Å². The lowest BCUT2D eigenvalue weighted by atomic mass is 9.80. The first-order valence-electron chi connectivity index (χ1n) is 9.78. The zero-order valence-corrected chi connectivity index (χ0v) is 15.4. The Bertz CT molecular complexity index is 457. The number of piperidine rings is 2.